The van der Waals surface area contributed by atoms with Crippen LogP contribution in [0, 0.1) is 11.8 Å². The summed E-state index contributed by atoms with van der Waals surface area (Å²) >= 11 is 0. The normalized spacial score (nSPS) is 41.1. The minimum absolute atomic E-state index is 0.0516. The summed E-state index contributed by atoms with van der Waals surface area (Å²) in [6, 6.07) is 0.182. The van der Waals surface area contributed by atoms with E-state index in [1.54, 1.807) is 0 Å². The molecule has 2 N–H and O–H groups in total. The van der Waals surface area contributed by atoms with Gasteiger partial charge in [0, 0.05) is 18.1 Å². The van der Waals surface area contributed by atoms with Crippen molar-refractivity contribution in [2.24, 2.45) is 17.6 Å². The third kappa shape index (κ3) is 2.77. The van der Waals surface area contributed by atoms with Gasteiger partial charge >= 0.3 is 0 Å². The number of nitrogens with two attached hydrogens (primary N) is 1. The van der Waals surface area contributed by atoms with E-state index in [1.807, 2.05) is 0 Å². The van der Waals surface area contributed by atoms with Crippen LogP contribution in [0.5, 0.6) is 0 Å². The summed E-state index contributed by atoms with van der Waals surface area (Å²) in [5.74, 6) is 2.45. The zero-order valence-corrected chi connectivity index (χ0v) is 13.4. The highest BCUT2D eigenvalue weighted by Gasteiger charge is 2.46. The first-order valence-corrected chi connectivity index (χ1v) is 9.91. The standard InChI is InChI=1S/C15H28N2O2S/c1-17(14-6-8-20(18,19)10-14)15(11-16)7-2-3-13(9-15)12-4-5-12/h12-14H,2-11,16H2,1H3. The SMILES string of the molecule is CN(C1CCS(=O)(=O)C1)C1(CN)CCCC(C2CC2)C1. The van der Waals surface area contributed by atoms with E-state index in [4.69, 9.17) is 5.73 Å². The molecule has 3 unspecified atom stereocenters. The van der Waals surface area contributed by atoms with E-state index < -0.39 is 9.84 Å². The molecule has 3 atom stereocenters. The van der Waals surface area contributed by atoms with Crippen LogP contribution >= 0.6 is 0 Å². The van der Waals surface area contributed by atoms with Crippen LogP contribution in [0.4, 0.5) is 0 Å². The Morgan fingerprint density at radius 2 is 1.95 bits per heavy atom. The second kappa shape index (κ2) is 5.25. The zero-order chi connectivity index (χ0) is 14.4. The monoisotopic (exact) mass is 300 g/mol. The van der Waals surface area contributed by atoms with Gasteiger partial charge in [-0.2, -0.15) is 0 Å². The topological polar surface area (TPSA) is 63.4 Å². The lowest BCUT2D eigenvalue weighted by atomic mass is 9.72. The number of rotatable bonds is 4. The number of hydrogen-bond donors (Lipinski definition) is 1. The molecule has 0 aromatic rings. The van der Waals surface area contributed by atoms with Crippen LogP contribution in [0.3, 0.4) is 0 Å². The molecule has 20 heavy (non-hydrogen) atoms. The molecule has 0 bridgehead atoms. The molecule has 1 saturated heterocycles. The Hall–Kier alpha value is -0.130. The molecule has 1 aliphatic heterocycles. The minimum Gasteiger partial charge on any atom is -0.329 e. The molecule has 3 aliphatic rings. The average Bonchev–Trinajstić information content (AvgIpc) is 3.22. The molecule has 4 nitrogen and oxygen atoms in total. The van der Waals surface area contributed by atoms with E-state index in [0.29, 0.717) is 18.1 Å². The highest BCUT2D eigenvalue weighted by molar-refractivity contribution is 7.91. The van der Waals surface area contributed by atoms with Crippen LogP contribution in [-0.2, 0) is 9.84 Å². The fourth-order valence-electron chi connectivity index (χ4n) is 4.47. The fourth-order valence-corrected chi connectivity index (χ4v) is 6.25. The Bertz CT molecular complexity index is 460. The highest BCUT2D eigenvalue weighted by Crippen LogP contribution is 2.48. The first-order valence-electron chi connectivity index (χ1n) is 8.09. The third-order valence-electron chi connectivity index (χ3n) is 6.03. The van der Waals surface area contributed by atoms with E-state index in [2.05, 4.69) is 11.9 Å². The van der Waals surface area contributed by atoms with E-state index >= 15 is 0 Å². The number of likely N-dealkylation sites (N-methyl/N-ethyl adjacent to an activating group) is 1. The van der Waals surface area contributed by atoms with Crippen molar-refractivity contribution < 1.29 is 8.42 Å². The Morgan fingerprint density at radius 3 is 2.50 bits per heavy atom. The van der Waals surface area contributed by atoms with Gasteiger partial charge in [0.05, 0.1) is 11.5 Å². The van der Waals surface area contributed by atoms with E-state index in [1.165, 1.54) is 32.1 Å². The smallest absolute Gasteiger partial charge is 0.151 e. The fraction of sp³-hybridized carbons (Fsp3) is 1.00. The molecule has 0 amide bonds. The van der Waals surface area contributed by atoms with Crippen molar-refractivity contribution in [3.05, 3.63) is 0 Å². The Labute approximate surface area is 123 Å². The first kappa shape index (κ1) is 14.8. The molecule has 0 radical (unpaired) electrons. The average molecular weight is 300 g/mol. The summed E-state index contributed by atoms with van der Waals surface area (Å²) in [5, 5.41) is 0. The van der Waals surface area contributed by atoms with Crippen molar-refractivity contribution in [3.8, 4) is 0 Å². The van der Waals surface area contributed by atoms with Crippen molar-refractivity contribution in [1.29, 1.82) is 0 Å². The van der Waals surface area contributed by atoms with Crippen LogP contribution in [0.15, 0.2) is 0 Å². The molecular formula is C15H28N2O2S. The highest BCUT2D eigenvalue weighted by atomic mass is 32.2. The zero-order valence-electron chi connectivity index (χ0n) is 12.6. The Balaban J connectivity index is 1.73. The second-order valence-corrected chi connectivity index (χ2v) is 9.52. The first-order chi connectivity index (χ1) is 9.46. The summed E-state index contributed by atoms with van der Waals surface area (Å²) in [4.78, 5) is 2.35. The molecule has 2 saturated carbocycles. The largest absolute Gasteiger partial charge is 0.329 e. The van der Waals surface area contributed by atoms with Gasteiger partial charge < -0.3 is 5.73 Å². The van der Waals surface area contributed by atoms with Crippen molar-refractivity contribution >= 4 is 9.84 Å². The van der Waals surface area contributed by atoms with E-state index in [-0.39, 0.29) is 11.6 Å². The number of hydrogen-bond acceptors (Lipinski definition) is 4. The van der Waals surface area contributed by atoms with Crippen molar-refractivity contribution in [2.75, 3.05) is 25.1 Å². The van der Waals surface area contributed by atoms with Gasteiger partial charge in [-0.3, -0.25) is 4.90 Å². The quantitative estimate of drug-likeness (QED) is 0.852. The summed E-state index contributed by atoms with van der Waals surface area (Å²) < 4.78 is 23.5. The van der Waals surface area contributed by atoms with Gasteiger partial charge in [0.15, 0.2) is 9.84 Å². The molecule has 0 aromatic carbocycles. The van der Waals surface area contributed by atoms with Crippen LogP contribution in [-0.4, -0.2) is 50.0 Å². The summed E-state index contributed by atoms with van der Waals surface area (Å²) in [7, 11) is -0.695. The maximum Gasteiger partial charge on any atom is 0.151 e. The van der Waals surface area contributed by atoms with Crippen molar-refractivity contribution in [1.82, 2.24) is 4.90 Å². The van der Waals surface area contributed by atoms with Crippen LogP contribution in [0.1, 0.15) is 44.9 Å². The van der Waals surface area contributed by atoms with Crippen molar-refractivity contribution in [2.45, 2.75) is 56.5 Å². The lowest BCUT2D eigenvalue weighted by molar-refractivity contribution is 0.0268. The maximum absolute atomic E-state index is 11.7. The van der Waals surface area contributed by atoms with Gasteiger partial charge in [-0.05, 0) is 51.0 Å². The third-order valence-corrected chi connectivity index (χ3v) is 7.78. The lowest BCUT2D eigenvalue weighted by Gasteiger charge is -2.49. The van der Waals surface area contributed by atoms with Gasteiger partial charge in [0.2, 0.25) is 0 Å². The summed E-state index contributed by atoms with van der Waals surface area (Å²) in [5.41, 5.74) is 6.22. The summed E-state index contributed by atoms with van der Waals surface area (Å²) in [6.45, 7) is 0.670. The lowest BCUT2D eigenvalue weighted by Crippen LogP contribution is -2.58. The molecule has 3 fully saturated rings. The van der Waals surface area contributed by atoms with Crippen LogP contribution < -0.4 is 5.73 Å². The minimum atomic E-state index is -2.81. The molecule has 5 heteroatoms. The van der Waals surface area contributed by atoms with Crippen LogP contribution in [0.25, 0.3) is 0 Å². The predicted molar refractivity (Wildman–Crippen MR) is 81.3 cm³/mol. The van der Waals surface area contributed by atoms with Crippen molar-refractivity contribution in [3.63, 3.8) is 0 Å². The Morgan fingerprint density at radius 1 is 1.20 bits per heavy atom. The number of nitrogens with zero attached hydrogens (tertiary/aromatic N) is 1. The van der Waals surface area contributed by atoms with Crippen LogP contribution in [0.2, 0.25) is 0 Å². The molecule has 1 heterocycles. The van der Waals surface area contributed by atoms with Gasteiger partial charge in [-0.15, -0.1) is 0 Å². The Kier molecular flexibility index (Phi) is 3.89. The predicted octanol–water partition coefficient (Wildman–Crippen LogP) is 1.40. The molecule has 2 aliphatic carbocycles. The molecule has 0 aromatic heterocycles. The second-order valence-electron chi connectivity index (χ2n) is 7.29. The van der Waals surface area contributed by atoms with Gasteiger partial charge in [0.1, 0.15) is 0 Å². The van der Waals surface area contributed by atoms with Gasteiger partial charge in [-0.1, -0.05) is 12.8 Å². The molecule has 116 valence electrons. The number of sulfone groups is 1. The van der Waals surface area contributed by atoms with Gasteiger partial charge in [-0.25, -0.2) is 8.42 Å². The van der Waals surface area contributed by atoms with E-state index in [9.17, 15) is 8.42 Å². The molecule has 0 spiro atoms. The van der Waals surface area contributed by atoms with E-state index in [0.717, 1.165) is 24.7 Å². The molecule has 3 rings (SSSR count). The maximum atomic E-state index is 11.7. The van der Waals surface area contributed by atoms with Gasteiger partial charge in [0.25, 0.3) is 0 Å². The molecular weight excluding hydrogens is 272 g/mol. The summed E-state index contributed by atoms with van der Waals surface area (Å²) in [6.07, 6.45) is 8.50.